The highest BCUT2D eigenvalue weighted by Crippen LogP contribution is 2.15. The lowest BCUT2D eigenvalue weighted by Crippen LogP contribution is -1.84. The van der Waals surface area contributed by atoms with Gasteiger partial charge in [0.05, 0.1) is 6.20 Å². The van der Waals surface area contributed by atoms with Gasteiger partial charge in [-0.1, -0.05) is 6.57 Å². The SMILES string of the molecule is [C-]#[N+]c1cnc(/C(F)=C/I)cn1. The van der Waals surface area contributed by atoms with E-state index in [1.54, 1.807) is 22.6 Å². The van der Waals surface area contributed by atoms with Crippen molar-refractivity contribution in [2.75, 3.05) is 0 Å². The van der Waals surface area contributed by atoms with Crippen LogP contribution in [0, 0.1) is 6.57 Å². The number of halogens is 2. The maximum Gasteiger partial charge on any atom is 0.287 e. The molecule has 0 aliphatic rings. The quantitative estimate of drug-likeness (QED) is 0.582. The monoisotopic (exact) mass is 275 g/mol. The van der Waals surface area contributed by atoms with E-state index in [4.69, 9.17) is 6.57 Å². The molecule has 1 heterocycles. The topological polar surface area (TPSA) is 30.1 Å². The highest BCUT2D eigenvalue weighted by molar-refractivity contribution is 14.1. The maximum absolute atomic E-state index is 12.8. The Kier molecular flexibility index (Phi) is 3.10. The highest BCUT2D eigenvalue weighted by Gasteiger charge is 2.02. The summed E-state index contributed by atoms with van der Waals surface area (Å²) in [4.78, 5) is 10.4. The molecule has 0 amide bonds. The van der Waals surface area contributed by atoms with Gasteiger partial charge in [0, 0.05) is 4.08 Å². The van der Waals surface area contributed by atoms with Crippen molar-refractivity contribution in [2.24, 2.45) is 0 Å². The summed E-state index contributed by atoms with van der Waals surface area (Å²) in [5.74, 6) is -0.278. The first-order chi connectivity index (χ1) is 5.77. The van der Waals surface area contributed by atoms with Crippen molar-refractivity contribution < 1.29 is 4.39 Å². The lowest BCUT2D eigenvalue weighted by atomic mass is 10.4. The number of hydrogen-bond acceptors (Lipinski definition) is 2. The van der Waals surface area contributed by atoms with E-state index in [0.717, 1.165) is 0 Å². The van der Waals surface area contributed by atoms with Gasteiger partial charge in [0.2, 0.25) is 0 Å². The third-order valence-corrected chi connectivity index (χ3v) is 1.64. The van der Waals surface area contributed by atoms with Crippen molar-refractivity contribution in [1.29, 1.82) is 0 Å². The van der Waals surface area contributed by atoms with Crippen molar-refractivity contribution in [1.82, 2.24) is 9.97 Å². The molecule has 1 aromatic rings. The molecule has 0 radical (unpaired) electrons. The first kappa shape index (κ1) is 9.06. The van der Waals surface area contributed by atoms with E-state index >= 15 is 0 Å². The second kappa shape index (κ2) is 4.11. The molecule has 1 aromatic heterocycles. The van der Waals surface area contributed by atoms with Crippen LogP contribution in [0.3, 0.4) is 0 Å². The molecule has 0 aliphatic carbocycles. The minimum Gasteiger partial charge on any atom is -0.359 e. The Morgan fingerprint density at radius 1 is 1.58 bits per heavy atom. The minimum atomic E-state index is -0.445. The van der Waals surface area contributed by atoms with Crippen LogP contribution in [0.25, 0.3) is 10.7 Å². The van der Waals surface area contributed by atoms with Gasteiger partial charge in [-0.2, -0.15) is 0 Å². The predicted molar refractivity (Wildman–Crippen MR) is 51.4 cm³/mol. The van der Waals surface area contributed by atoms with Crippen LogP contribution in [-0.4, -0.2) is 9.97 Å². The molecular formula is C7H3FIN3. The summed E-state index contributed by atoms with van der Waals surface area (Å²) in [6, 6.07) is 0. The highest BCUT2D eigenvalue weighted by atomic mass is 127. The zero-order chi connectivity index (χ0) is 8.97. The lowest BCUT2D eigenvalue weighted by Gasteiger charge is -1.91. The van der Waals surface area contributed by atoms with Crippen LogP contribution < -0.4 is 0 Å². The van der Waals surface area contributed by atoms with Crippen LogP contribution in [-0.2, 0) is 0 Å². The van der Waals surface area contributed by atoms with Gasteiger partial charge in [-0.3, -0.25) is 4.98 Å². The van der Waals surface area contributed by atoms with Gasteiger partial charge in [0.25, 0.3) is 5.82 Å². The Hall–Kier alpha value is -1.03. The molecule has 60 valence electrons. The second-order valence-corrected chi connectivity index (χ2v) is 2.45. The van der Waals surface area contributed by atoms with Gasteiger partial charge in [-0.15, -0.1) is 4.98 Å². The molecule has 0 aromatic carbocycles. The summed E-state index contributed by atoms with van der Waals surface area (Å²) < 4.78 is 14.0. The first-order valence-corrected chi connectivity index (χ1v) is 4.18. The number of rotatable bonds is 1. The summed E-state index contributed by atoms with van der Waals surface area (Å²) in [5, 5.41) is 0. The summed E-state index contributed by atoms with van der Waals surface area (Å²) in [7, 11) is 0. The van der Waals surface area contributed by atoms with E-state index in [1.807, 2.05) is 0 Å². The fourth-order valence-electron chi connectivity index (χ4n) is 0.558. The molecule has 5 heteroatoms. The van der Waals surface area contributed by atoms with Gasteiger partial charge < -0.3 is 4.85 Å². The lowest BCUT2D eigenvalue weighted by molar-refractivity contribution is 0.753. The van der Waals surface area contributed by atoms with Crippen molar-refractivity contribution in [3.8, 4) is 0 Å². The van der Waals surface area contributed by atoms with Crippen LogP contribution in [0.5, 0.6) is 0 Å². The Labute approximate surface area is 82.3 Å². The third-order valence-electron chi connectivity index (χ3n) is 1.09. The van der Waals surface area contributed by atoms with Gasteiger partial charge in [0.1, 0.15) is 11.9 Å². The zero-order valence-electron chi connectivity index (χ0n) is 5.83. The Morgan fingerprint density at radius 2 is 2.33 bits per heavy atom. The zero-order valence-corrected chi connectivity index (χ0v) is 7.99. The summed E-state index contributed by atoms with van der Waals surface area (Å²) in [6.07, 6.45) is 2.47. The van der Waals surface area contributed by atoms with Crippen molar-refractivity contribution in [3.63, 3.8) is 0 Å². The smallest absolute Gasteiger partial charge is 0.287 e. The molecule has 0 unspecified atom stereocenters. The molecule has 0 fully saturated rings. The van der Waals surface area contributed by atoms with Gasteiger partial charge >= 0.3 is 0 Å². The molecule has 0 N–H and O–H groups in total. The van der Waals surface area contributed by atoms with E-state index in [0.29, 0.717) is 0 Å². The largest absolute Gasteiger partial charge is 0.359 e. The molecule has 0 aliphatic heterocycles. The summed E-state index contributed by atoms with van der Waals surface area (Å²) in [5.41, 5.74) is 0.150. The fraction of sp³-hybridized carbons (Fsp3) is 0. The van der Waals surface area contributed by atoms with Crippen molar-refractivity contribution in [3.05, 3.63) is 33.6 Å². The van der Waals surface area contributed by atoms with E-state index < -0.39 is 5.83 Å². The van der Waals surface area contributed by atoms with Crippen LogP contribution in [0.15, 0.2) is 16.5 Å². The van der Waals surface area contributed by atoms with E-state index in [1.165, 1.54) is 16.5 Å². The van der Waals surface area contributed by atoms with Crippen LogP contribution in [0.4, 0.5) is 10.2 Å². The van der Waals surface area contributed by atoms with Crippen molar-refractivity contribution >= 4 is 34.2 Å². The summed E-state index contributed by atoms with van der Waals surface area (Å²) >= 11 is 1.77. The van der Waals surface area contributed by atoms with Gasteiger partial charge in [-0.05, 0) is 22.6 Å². The first-order valence-electron chi connectivity index (χ1n) is 2.93. The molecule has 0 spiro atoms. The second-order valence-electron chi connectivity index (χ2n) is 1.83. The number of aromatic nitrogens is 2. The van der Waals surface area contributed by atoms with E-state index in [2.05, 4.69) is 14.8 Å². The predicted octanol–water partition coefficient (Wildman–Crippen LogP) is 2.73. The Balaban J connectivity index is 3.02. The molecule has 3 nitrogen and oxygen atoms in total. The summed E-state index contributed by atoms with van der Waals surface area (Å²) in [6.45, 7) is 6.58. The van der Waals surface area contributed by atoms with Crippen LogP contribution >= 0.6 is 22.6 Å². The normalized spacial score (nSPS) is 10.9. The Bertz CT molecular complexity index is 339. The van der Waals surface area contributed by atoms with Gasteiger partial charge in [0.15, 0.2) is 5.83 Å². The van der Waals surface area contributed by atoms with E-state index in [9.17, 15) is 4.39 Å². The molecule has 0 saturated heterocycles. The van der Waals surface area contributed by atoms with E-state index in [-0.39, 0.29) is 11.5 Å². The standard InChI is InChI=1S/C7H3FIN3/c1-10-7-4-11-6(3-12-7)5(8)2-9/h2-4H/b5-2-. The minimum absolute atomic E-state index is 0.150. The maximum atomic E-state index is 12.8. The molecule has 1 rings (SSSR count). The fourth-order valence-corrected chi connectivity index (χ4v) is 0.877. The average molecular weight is 275 g/mol. The van der Waals surface area contributed by atoms with Crippen molar-refractivity contribution in [2.45, 2.75) is 0 Å². The Morgan fingerprint density at radius 3 is 2.75 bits per heavy atom. The third kappa shape index (κ3) is 1.98. The average Bonchev–Trinajstić information content (AvgIpc) is 2.17. The van der Waals surface area contributed by atoms with Crippen LogP contribution in [0.2, 0.25) is 0 Å². The molecule has 0 saturated carbocycles. The number of hydrogen-bond donors (Lipinski definition) is 0. The van der Waals surface area contributed by atoms with Crippen LogP contribution in [0.1, 0.15) is 5.69 Å². The number of nitrogens with zero attached hydrogens (tertiary/aromatic N) is 3. The molecule has 0 bridgehead atoms. The molecule has 12 heavy (non-hydrogen) atoms. The molecule has 0 atom stereocenters. The van der Waals surface area contributed by atoms with Gasteiger partial charge in [-0.25, -0.2) is 4.39 Å². The molecular weight excluding hydrogens is 272 g/mol.